The Kier molecular flexibility index (Phi) is 3.32. The molecule has 17 heavy (non-hydrogen) atoms. The van der Waals surface area contributed by atoms with E-state index in [1.54, 1.807) is 12.3 Å². The van der Waals surface area contributed by atoms with Crippen LogP contribution < -0.4 is 0 Å². The first kappa shape index (κ1) is 11.9. The number of hydrogen-bond acceptors (Lipinski definition) is 2. The molecule has 1 aromatic heterocycles. The van der Waals surface area contributed by atoms with E-state index in [4.69, 9.17) is 4.42 Å². The van der Waals surface area contributed by atoms with Crippen LogP contribution in [0.15, 0.2) is 34.0 Å². The van der Waals surface area contributed by atoms with Crippen molar-refractivity contribution < 1.29 is 9.21 Å². The van der Waals surface area contributed by atoms with Gasteiger partial charge in [-0.05, 0) is 45.3 Å². The van der Waals surface area contributed by atoms with Gasteiger partial charge in [-0.3, -0.25) is 4.79 Å². The highest BCUT2D eigenvalue weighted by Crippen LogP contribution is 2.23. The van der Waals surface area contributed by atoms with Crippen molar-refractivity contribution in [1.82, 2.24) is 0 Å². The summed E-state index contributed by atoms with van der Waals surface area (Å²) in [7, 11) is 0. The van der Waals surface area contributed by atoms with Crippen molar-refractivity contribution in [2.24, 2.45) is 0 Å². The van der Waals surface area contributed by atoms with E-state index in [1.807, 2.05) is 13.8 Å². The molecule has 0 aromatic carbocycles. The number of carbonyl (C=O) groups excluding carboxylic acids is 1. The fourth-order valence-corrected chi connectivity index (χ4v) is 2.20. The molecule has 2 nitrogen and oxygen atoms in total. The van der Waals surface area contributed by atoms with Gasteiger partial charge in [0, 0.05) is 6.42 Å². The summed E-state index contributed by atoms with van der Waals surface area (Å²) in [6, 6.07) is 0. The lowest BCUT2D eigenvalue weighted by Gasteiger charge is -2.06. The second-order valence-electron chi connectivity index (χ2n) is 4.84. The van der Waals surface area contributed by atoms with Crippen molar-refractivity contribution >= 4 is 5.78 Å². The number of hydrogen-bond donors (Lipinski definition) is 0. The molecule has 0 saturated heterocycles. The summed E-state index contributed by atoms with van der Waals surface area (Å²) in [5.74, 6) is 0.880. The second-order valence-corrected chi connectivity index (χ2v) is 4.84. The van der Waals surface area contributed by atoms with Gasteiger partial charge in [0.05, 0.1) is 11.8 Å². The minimum atomic E-state index is 0.0819. The minimum absolute atomic E-state index is 0.0819. The number of aryl methyl sites for hydroxylation is 1. The van der Waals surface area contributed by atoms with Gasteiger partial charge in [-0.25, -0.2) is 0 Å². The Morgan fingerprint density at radius 1 is 1.18 bits per heavy atom. The molecule has 2 heteroatoms. The number of furan rings is 1. The van der Waals surface area contributed by atoms with Crippen molar-refractivity contribution in [3.63, 3.8) is 0 Å². The Morgan fingerprint density at radius 3 is 2.71 bits per heavy atom. The van der Waals surface area contributed by atoms with E-state index >= 15 is 0 Å². The summed E-state index contributed by atoms with van der Waals surface area (Å²) in [6.45, 7) is 6.03. The van der Waals surface area contributed by atoms with Crippen molar-refractivity contribution in [3.8, 4) is 0 Å². The summed E-state index contributed by atoms with van der Waals surface area (Å²) in [6.07, 6.45) is 8.34. The zero-order valence-electron chi connectivity index (χ0n) is 10.7. The summed E-state index contributed by atoms with van der Waals surface area (Å²) < 4.78 is 5.50. The van der Waals surface area contributed by atoms with Crippen LogP contribution in [0.4, 0.5) is 0 Å². The average molecular weight is 230 g/mol. The Labute approximate surface area is 102 Å². The topological polar surface area (TPSA) is 30.2 Å². The maximum Gasteiger partial charge on any atom is 0.189 e. The lowest BCUT2D eigenvalue weighted by atomic mass is 9.98. The Morgan fingerprint density at radius 2 is 1.94 bits per heavy atom. The molecule has 1 aromatic rings. The molecular formula is C15H18O2. The van der Waals surface area contributed by atoms with Crippen LogP contribution in [0.5, 0.6) is 0 Å². The van der Waals surface area contributed by atoms with E-state index in [-0.39, 0.29) is 5.78 Å². The zero-order chi connectivity index (χ0) is 12.4. The summed E-state index contributed by atoms with van der Waals surface area (Å²) in [5.41, 5.74) is 4.08. The first-order valence-electron chi connectivity index (χ1n) is 6.02. The van der Waals surface area contributed by atoms with Crippen LogP contribution in [0.3, 0.4) is 0 Å². The minimum Gasteiger partial charge on any atom is -0.468 e. The van der Waals surface area contributed by atoms with Crippen LogP contribution in [0.25, 0.3) is 0 Å². The second kappa shape index (κ2) is 4.74. The van der Waals surface area contributed by atoms with Crippen LogP contribution in [0.1, 0.15) is 48.4 Å². The number of allylic oxidation sites excluding steroid dienone is 4. The van der Waals surface area contributed by atoms with Crippen LogP contribution in [-0.4, -0.2) is 5.78 Å². The zero-order valence-corrected chi connectivity index (χ0v) is 10.7. The van der Waals surface area contributed by atoms with E-state index in [1.165, 1.54) is 5.57 Å². The summed E-state index contributed by atoms with van der Waals surface area (Å²) in [4.78, 5) is 12.2. The van der Waals surface area contributed by atoms with Gasteiger partial charge in [0.2, 0.25) is 0 Å². The standard InChI is InChI=1S/C15H18O2/c1-10-5-4-6-11(2)8-14-15(13(16)7-10)12(3)9-17-14/h6-7,9H,4-5,8H2,1-3H3/b10-7+,11-6-. The quantitative estimate of drug-likeness (QED) is 0.630. The maximum atomic E-state index is 12.2. The fourth-order valence-electron chi connectivity index (χ4n) is 2.20. The molecule has 0 atom stereocenters. The Hall–Kier alpha value is -1.57. The van der Waals surface area contributed by atoms with Gasteiger partial charge < -0.3 is 4.42 Å². The van der Waals surface area contributed by atoms with Crippen molar-refractivity contribution in [1.29, 1.82) is 0 Å². The molecule has 0 spiro atoms. The molecular weight excluding hydrogens is 212 g/mol. The van der Waals surface area contributed by atoms with Crippen LogP contribution >= 0.6 is 0 Å². The number of rotatable bonds is 0. The van der Waals surface area contributed by atoms with Crippen molar-refractivity contribution in [3.05, 3.63) is 46.4 Å². The van der Waals surface area contributed by atoms with E-state index in [0.29, 0.717) is 0 Å². The lowest BCUT2D eigenvalue weighted by molar-refractivity contribution is 0.104. The van der Waals surface area contributed by atoms with Gasteiger partial charge >= 0.3 is 0 Å². The van der Waals surface area contributed by atoms with Gasteiger partial charge in [-0.15, -0.1) is 0 Å². The third-order valence-corrected chi connectivity index (χ3v) is 3.15. The SMILES string of the molecule is C/C1=C/CC/C(C)=C/C(=O)c2c(C)coc2C1. The van der Waals surface area contributed by atoms with Crippen LogP contribution in [-0.2, 0) is 6.42 Å². The Bertz CT molecular complexity index is 501. The van der Waals surface area contributed by atoms with E-state index in [0.717, 1.165) is 41.7 Å². The first-order chi connectivity index (χ1) is 8.08. The van der Waals surface area contributed by atoms with Crippen molar-refractivity contribution in [2.75, 3.05) is 0 Å². The predicted molar refractivity (Wildman–Crippen MR) is 68.2 cm³/mol. The van der Waals surface area contributed by atoms with Crippen LogP contribution in [0, 0.1) is 6.92 Å². The fraction of sp³-hybridized carbons (Fsp3) is 0.400. The summed E-state index contributed by atoms with van der Waals surface area (Å²) >= 11 is 0. The highest BCUT2D eigenvalue weighted by atomic mass is 16.3. The molecule has 90 valence electrons. The number of ketones is 1. The molecule has 0 fully saturated rings. The monoisotopic (exact) mass is 230 g/mol. The van der Waals surface area contributed by atoms with Crippen LogP contribution in [0.2, 0.25) is 0 Å². The molecule has 1 heterocycles. The molecule has 0 unspecified atom stereocenters. The number of fused-ring (bicyclic) bond motifs is 1. The third-order valence-electron chi connectivity index (χ3n) is 3.15. The smallest absolute Gasteiger partial charge is 0.189 e. The molecule has 0 saturated carbocycles. The van der Waals surface area contributed by atoms with Gasteiger partial charge in [0.25, 0.3) is 0 Å². The highest BCUT2D eigenvalue weighted by Gasteiger charge is 2.17. The first-order valence-corrected chi connectivity index (χ1v) is 6.02. The lowest BCUT2D eigenvalue weighted by Crippen LogP contribution is -2.02. The van der Waals surface area contributed by atoms with E-state index < -0.39 is 0 Å². The molecule has 1 aliphatic carbocycles. The van der Waals surface area contributed by atoms with Gasteiger partial charge in [-0.2, -0.15) is 0 Å². The highest BCUT2D eigenvalue weighted by molar-refractivity contribution is 6.06. The number of carbonyl (C=O) groups is 1. The molecule has 0 aliphatic heterocycles. The molecule has 0 radical (unpaired) electrons. The van der Waals surface area contributed by atoms with E-state index in [2.05, 4.69) is 13.0 Å². The normalized spacial score (nSPS) is 23.4. The van der Waals surface area contributed by atoms with E-state index in [9.17, 15) is 4.79 Å². The van der Waals surface area contributed by atoms with Gasteiger partial charge in [0.1, 0.15) is 5.76 Å². The predicted octanol–water partition coefficient (Wildman–Crippen LogP) is 4.00. The molecule has 1 aliphatic rings. The average Bonchev–Trinajstić information content (AvgIpc) is 2.58. The molecule has 0 N–H and O–H groups in total. The molecule has 0 amide bonds. The maximum absolute atomic E-state index is 12.2. The van der Waals surface area contributed by atoms with Gasteiger partial charge in [0.15, 0.2) is 5.78 Å². The Balaban J connectivity index is 2.49. The van der Waals surface area contributed by atoms with Gasteiger partial charge in [-0.1, -0.05) is 17.2 Å². The summed E-state index contributed by atoms with van der Waals surface area (Å²) in [5, 5.41) is 0. The third kappa shape index (κ3) is 2.57. The van der Waals surface area contributed by atoms with Crippen molar-refractivity contribution in [2.45, 2.75) is 40.0 Å². The molecule has 0 bridgehead atoms. The molecule has 2 rings (SSSR count). The largest absolute Gasteiger partial charge is 0.468 e.